The smallest absolute Gasteiger partial charge is 0.272 e. The Hall–Kier alpha value is -3.67. The molecule has 1 saturated heterocycles. The number of morpholine rings is 1. The standard InChI is InChI=1S/C24H26ClFN6O4/c1-31-14-17(12-21(31)24(35)27-4-5-32-6-8-36-9-7-32)30-23(34)20-11-16(13-28-20)29-22(33)18-3-2-15(25)10-19(18)26/h2-3,10-14,28H,4-9H2,1H3,(H,27,35)(H,29,33)(H,30,34). The second-order valence-corrected chi connectivity index (χ2v) is 8.71. The number of hydrogen-bond acceptors (Lipinski definition) is 5. The molecule has 0 atom stereocenters. The molecule has 2 aromatic heterocycles. The summed E-state index contributed by atoms with van der Waals surface area (Å²) in [7, 11) is 1.71. The number of carbonyl (C=O) groups excluding carboxylic acids is 3. The normalized spacial score (nSPS) is 13.9. The van der Waals surface area contributed by atoms with E-state index in [-0.39, 0.29) is 27.9 Å². The summed E-state index contributed by atoms with van der Waals surface area (Å²) in [6.07, 6.45) is 3.04. The van der Waals surface area contributed by atoms with Gasteiger partial charge in [0.15, 0.2) is 0 Å². The van der Waals surface area contributed by atoms with Gasteiger partial charge in [-0.2, -0.15) is 0 Å². The van der Waals surface area contributed by atoms with E-state index in [1.54, 1.807) is 23.9 Å². The number of rotatable bonds is 8. The first-order valence-corrected chi connectivity index (χ1v) is 11.7. The highest BCUT2D eigenvalue weighted by molar-refractivity contribution is 6.30. The molecule has 4 rings (SSSR count). The van der Waals surface area contributed by atoms with Crippen molar-refractivity contribution in [3.8, 4) is 0 Å². The van der Waals surface area contributed by atoms with Crippen LogP contribution in [-0.2, 0) is 11.8 Å². The third-order valence-electron chi connectivity index (χ3n) is 5.67. The Bertz CT molecular complexity index is 1270. The Morgan fingerprint density at radius 3 is 2.56 bits per heavy atom. The van der Waals surface area contributed by atoms with Gasteiger partial charge < -0.3 is 30.2 Å². The molecule has 10 nitrogen and oxygen atoms in total. The molecule has 1 fully saturated rings. The lowest BCUT2D eigenvalue weighted by atomic mass is 10.2. The zero-order chi connectivity index (χ0) is 25.7. The highest BCUT2D eigenvalue weighted by atomic mass is 35.5. The topological polar surface area (TPSA) is 120 Å². The summed E-state index contributed by atoms with van der Waals surface area (Å²) < 4.78 is 20.9. The number of H-pyrrole nitrogens is 1. The van der Waals surface area contributed by atoms with Crippen LogP contribution in [0.15, 0.2) is 42.7 Å². The number of anilines is 2. The predicted octanol–water partition coefficient (Wildman–Crippen LogP) is 2.71. The average Bonchev–Trinajstić information content (AvgIpc) is 3.46. The lowest BCUT2D eigenvalue weighted by Crippen LogP contribution is -2.41. The van der Waals surface area contributed by atoms with Crippen molar-refractivity contribution < 1.29 is 23.5 Å². The summed E-state index contributed by atoms with van der Waals surface area (Å²) in [6, 6.07) is 6.73. The molecule has 1 aromatic carbocycles. The van der Waals surface area contributed by atoms with Gasteiger partial charge in [0.25, 0.3) is 17.7 Å². The summed E-state index contributed by atoms with van der Waals surface area (Å²) in [6.45, 7) is 4.33. The molecule has 36 heavy (non-hydrogen) atoms. The van der Waals surface area contributed by atoms with Crippen LogP contribution in [0, 0.1) is 5.82 Å². The zero-order valence-electron chi connectivity index (χ0n) is 19.6. The number of carbonyl (C=O) groups is 3. The van der Waals surface area contributed by atoms with Crippen molar-refractivity contribution in [1.29, 1.82) is 0 Å². The van der Waals surface area contributed by atoms with Crippen LogP contribution in [0.3, 0.4) is 0 Å². The minimum absolute atomic E-state index is 0.169. The Morgan fingerprint density at radius 1 is 1.06 bits per heavy atom. The number of amides is 3. The van der Waals surface area contributed by atoms with E-state index in [2.05, 4.69) is 25.8 Å². The average molecular weight is 517 g/mol. The quantitative estimate of drug-likeness (QED) is 0.367. The monoisotopic (exact) mass is 516 g/mol. The van der Waals surface area contributed by atoms with Gasteiger partial charge in [0.1, 0.15) is 17.2 Å². The largest absolute Gasteiger partial charge is 0.379 e. The van der Waals surface area contributed by atoms with Crippen molar-refractivity contribution in [3.05, 3.63) is 70.5 Å². The first-order valence-electron chi connectivity index (χ1n) is 11.3. The zero-order valence-corrected chi connectivity index (χ0v) is 20.3. The predicted molar refractivity (Wildman–Crippen MR) is 133 cm³/mol. The number of nitrogens with one attached hydrogen (secondary N) is 4. The second kappa shape index (κ2) is 11.4. The summed E-state index contributed by atoms with van der Waals surface area (Å²) >= 11 is 5.72. The van der Waals surface area contributed by atoms with Gasteiger partial charge >= 0.3 is 0 Å². The number of hydrogen-bond donors (Lipinski definition) is 4. The Balaban J connectivity index is 1.31. The van der Waals surface area contributed by atoms with Gasteiger partial charge in [0, 0.05) is 50.6 Å². The molecule has 0 bridgehead atoms. The van der Waals surface area contributed by atoms with E-state index in [0.29, 0.717) is 31.1 Å². The van der Waals surface area contributed by atoms with E-state index in [1.165, 1.54) is 24.4 Å². The molecule has 0 saturated carbocycles. The van der Waals surface area contributed by atoms with E-state index in [0.717, 1.165) is 25.7 Å². The van der Waals surface area contributed by atoms with Crippen LogP contribution >= 0.6 is 11.6 Å². The van der Waals surface area contributed by atoms with E-state index in [9.17, 15) is 18.8 Å². The number of benzene rings is 1. The summed E-state index contributed by atoms with van der Waals surface area (Å²) in [5.41, 5.74) is 1.11. The molecule has 3 amide bonds. The first kappa shape index (κ1) is 25.4. The fraction of sp³-hybridized carbons (Fsp3) is 0.292. The van der Waals surface area contributed by atoms with E-state index in [4.69, 9.17) is 16.3 Å². The maximum absolute atomic E-state index is 14.0. The fourth-order valence-corrected chi connectivity index (χ4v) is 3.93. The van der Waals surface area contributed by atoms with Crippen LogP contribution in [0.5, 0.6) is 0 Å². The van der Waals surface area contributed by atoms with Crippen molar-refractivity contribution in [3.63, 3.8) is 0 Å². The summed E-state index contributed by atoms with van der Waals surface area (Å²) in [5.74, 6) is -2.15. The van der Waals surface area contributed by atoms with Gasteiger partial charge in [-0.25, -0.2) is 4.39 Å². The van der Waals surface area contributed by atoms with Crippen LogP contribution in [0.2, 0.25) is 5.02 Å². The van der Waals surface area contributed by atoms with Gasteiger partial charge in [-0.3, -0.25) is 19.3 Å². The SMILES string of the molecule is Cn1cc(NC(=O)c2cc(NC(=O)c3ccc(Cl)cc3F)c[nH]2)cc1C(=O)NCCN1CCOCC1. The molecule has 4 N–H and O–H groups in total. The van der Waals surface area contributed by atoms with E-state index < -0.39 is 17.6 Å². The van der Waals surface area contributed by atoms with Gasteiger partial charge in [0.2, 0.25) is 0 Å². The van der Waals surface area contributed by atoms with E-state index in [1.807, 2.05) is 0 Å². The molecule has 0 aliphatic carbocycles. The number of halogens is 2. The molecule has 1 aliphatic heterocycles. The highest BCUT2D eigenvalue weighted by Gasteiger charge is 2.17. The van der Waals surface area contributed by atoms with Crippen molar-refractivity contribution >= 4 is 40.7 Å². The molecule has 3 aromatic rings. The fourth-order valence-electron chi connectivity index (χ4n) is 3.77. The van der Waals surface area contributed by atoms with Crippen molar-refractivity contribution in [1.82, 2.24) is 19.8 Å². The third kappa shape index (κ3) is 6.30. The molecular weight excluding hydrogens is 491 g/mol. The van der Waals surface area contributed by atoms with Crippen molar-refractivity contribution in [2.75, 3.05) is 50.0 Å². The molecular formula is C24H26ClFN6O4. The molecule has 1 aliphatic rings. The van der Waals surface area contributed by atoms with Gasteiger partial charge in [-0.1, -0.05) is 11.6 Å². The Kier molecular flexibility index (Phi) is 8.04. The number of aromatic nitrogens is 2. The molecule has 0 spiro atoms. The highest BCUT2D eigenvalue weighted by Crippen LogP contribution is 2.19. The number of nitrogens with zero attached hydrogens (tertiary/aromatic N) is 2. The maximum Gasteiger partial charge on any atom is 0.272 e. The lowest BCUT2D eigenvalue weighted by Gasteiger charge is -2.26. The molecule has 3 heterocycles. The number of aromatic amines is 1. The van der Waals surface area contributed by atoms with Crippen LogP contribution in [0.25, 0.3) is 0 Å². The van der Waals surface area contributed by atoms with E-state index >= 15 is 0 Å². The molecule has 190 valence electrons. The number of ether oxygens (including phenoxy) is 1. The lowest BCUT2D eigenvalue weighted by molar-refractivity contribution is 0.0383. The third-order valence-corrected chi connectivity index (χ3v) is 5.91. The molecule has 12 heteroatoms. The first-order chi connectivity index (χ1) is 17.3. The Labute approximate surface area is 211 Å². The summed E-state index contributed by atoms with van der Waals surface area (Å²) in [4.78, 5) is 42.5. The van der Waals surface area contributed by atoms with Crippen LogP contribution in [0.4, 0.5) is 15.8 Å². The van der Waals surface area contributed by atoms with Gasteiger partial charge in [0.05, 0.1) is 30.2 Å². The Morgan fingerprint density at radius 2 is 1.81 bits per heavy atom. The second-order valence-electron chi connectivity index (χ2n) is 8.27. The van der Waals surface area contributed by atoms with Crippen molar-refractivity contribution in [2.24, 2.45) is 7.05 Å². The van der Waals surface area contributed by atoms with Crippen LogP contribution < -0.4 is 16.0 Å². The minimum Gasteiger partial charge on any atom is -0.379 e. The molecule has 0 radical (unpaired) electrons. The molecule has 0 unspecified atom stereocenters. The van der Waals surface area contributed by atoms with Crippen LogP contribution in [0.1, 0.15) is 31.3 Å². The van der Waals surface area contributed by atoms with Crippen LogP contribution in [-0.4, -0.2) is 71.6 Å². The number of aryl methyl sites for hydroxylation is 1. The van der Waals surface area contributed by atoms with Crippen molar-refractivity contribution in [2.45, 2.75) is 0 Å². The summed E-state index contributed by atoms with van der Waals surface area (Å²) in [5, 5.41) is 8.32. The van der Waals surface area contributed by atoms with Gasteiger partial charge in [-0.15, -0.1) is 0 Å². The van der Waals surface area contributed by atoms with Gasteiger partial charge in [-0.05, 0) is 30.3 Å². The minimum atomic E-state index is -0.751. The maximum atomic E-state index is 14.0.